The highest BCUT2D eigenvalue weighted by Crippen LogP contribution is 2.06. The minimum absolute atomic E-state index is 0.184. The number of nitrogens with two attached hydrogens (primary N) is 1. The smallest absolute Gasteiger partial charge is 0.249 e. The molecule has 120 valence electrons. The second-order valence-corrected chi connectivity index (χ2v) is 5.36. The molecule has 4 N–H and O–H groups in total. The summed E-state index contributed by atoms with van der Waals surface area (Å²) in [6, 6.07) is 17.6. The van der Waals surface area contributed by atoms with E-state index in [0.717, 1.165) is 11.1 Å². The molecular formula is C18H20N2O3. The van der Waals surface area contributed by atoms with E-state index in [1.54, 1.807) is 0 Å². The SMILES string of the molecule is NC(=O)[C@H](Cc1ccccc1)NC(=O)[C@H](O)Cc1ccccc1. The molecule has 0 spiro atoms. The summed E-state index contributed by atoms with van der Waals surface area (Å²) in [6.45, 7) is 0. The van der Waals surface area contributed by atoms with Crippen LogP contribution in [0.25, 0.3) is 0 Å². The number of rotatable bonds is 7. The van der Waals surface area contributed by atoms with E-state index in [0.29, 0.717) is 6.42 Å². The number of carbonyl (C=O) groups is 2. The maximum atomic E-state index is 12.1. The first kappa shape index (κ1) is 16.7. The molecule has 23 heavy (non-hydrogen) atoms. The molecule has 0 aromatic heterocycles. The van der Waals surface area contributed by atoms with Gasteiger partial charge in [-0.05, 0) is 11.1 Å². The van der Waals surface area contributed by atoms with Crippen LogP contribution in [0.1, 0.15) is 11.1 Å². The van der Waals surface area contributed by atoms with Crippen LogP contribution in [0.15, 0.2) is 60.7 Å². The highest BCUT2D eigenvalue weighted by molar-refractivity contribution is 5.88. The Bertz CT molecular complexity index is 644. The number of amides is 2. The molecule has 5 nitrogen and oxygen atoms in total. The van der Waals surface area contributed by atoms with E-state index >= 15 is 0 Å². The van der Waals surface area contributed by atoms with Crippen molar-refractivity contribution in [2.45, 2.75) is 25.0 Å². The van der Waals surface area contributed by atoms with Crippen LogP contribution in [0, 0.1) is 0 Å². The average Bonchev–Trinajstić information content (AvgIpc) is 2.56. The first-order valence-electron chi connectivity index (χ1n) is 7.42. The van der Waals surface area contributed by atoms with Crippen LogP contribution < -0.4 is 11.1 Å². The second-order valence-electron chi connectivity index (χ2n) is 5.36. The molecule has 2 amide bonds. The van der Waals surface area contributed by atoms with Crippen LogP contribution in [-0.2, 0) is 22.4 Å². The van der Waals surface area contributed by atoms with Gasteiger partial charge in [-0.3, -0.25) is 9.59 Å². The summed E-state index contributed by atoms with van der Waals surface area (Å²) in [5.74, 6) is -1.23. The van der Waals surface area contributed by atoms with Crippen molar-refractivity contribution in [1.29, 1.82) is 0 Å². The summed E-state index contributed by atoms with van der Waals surface area (Å²) >= 11 is 0. The van der Waals surface area contributed by atoms with Gasteiger partial charge in [0.2, 0.25) is 11.8 Å². The highest BCUT2D eigenvalue weighted by atomic mass is 16.3. The zero-order chi connectivity index (χ0) is 16.7. The Morgan fingerprint density at radius 3 is 1.87 bits per heavy atom. The van der Waals surface area contributed by atoms with E-state index < -0.39 is 24.0 Å². The van der Waals surface area contributed by atoms with Gasteiger partial charge in [0.1, 0.15) is 12.1 Å². The van der Waals surface area contributed by atoms with Gasteiger partial charge in [-0.15, -0.1) is 0 Å². The molecule has 0 saturated carbocycles. The van der Waals surface area contributed by atoms with Crippen LogP contribution in [0.5, 0.6) is 0 Å². The standard InChI is InChI=1S/C18H20N2O3/c19-17(22)15(11-13-7-3-1-4-8-13)20-18(23)16(21)12-14-9-5-2-6-10-14/h1-10,15-16,21H,11-12H2,(H2,19,22)(H,20,23)/t15-,16+/m0/s1. The number of hydrogen-bond acceptors (Lipinski definition) is 3. The number of carbonyl (C=O) groups excluding carboxylic acids is 2. The molecule has 5 heteroatoms. The van der Waals surface area contributed by atoms with Crippen molar-refractivity contribution in [3.8, 4) is 0 Å². The first-order valence-corrected chi connectivity index (χ1v) is 7.42. The predicted octanol–water partition coefficient (Wildman–Crippen LogP) is 0.803. The fraction of sp³-hybridized carbons (Fsp3) is 0.222. The van der Waals surface area contributed by atoms with E-state index in [4.69, 9.17) is 5.73 Å². The van der Waals surface area contributed by atoms with Crippen LogP contribution >= 0.6 is 0 Å². The van der Waals surface area contributed by atoms with Crippen LogP contribution in [0.3, 0.4) is 0 Å². The number of aliphatic hydroxyl groups is 1. The minimum Gasteiger partial charge on any atom is -0.383 e. The summed E-state index contributed by atoms with van der Waals surface area (Å²) in [6.07, 6.45) is -0.751. The Morgan fingerprint density at radius 1 is 0.913 bits per heavy atom. The fourth-order valence-corrected chi connectivity index (χ4v) is 2.27. The number of benzene rings is 2. The summed E-state index contributed by atoms with van der Waals surface area (Å²) in [5, 5.41) is 12.5. The predicted molar refractivity (Wildman–Crippen MR) is 87.4 cm³/mol. The van der Waals surface area contributed by atoms with E-state index in [1.165, 1.54) is 0 Å². The zero-order valence-electron chi connectivity index (χ0n) is 12.7. The summed E-state index contributed by atoms with van der Waals surface area (Å²) < 4.78 is 0. The van der Waals surface area contributed by atoms with Crippen LogP contribution in [-0.4, -0.2) is 29.1 Å². The van der Waals surface area contributed by atoms with Gasteiger partial charge in [0.25, 0.3) is 0 Å². The molecule has 0 unspecified atom stereocenters. The van der Waals surface area contributed by atoms with Gasteiger partial charge in [-0.1, -0.05) is 60.7 Å². The monoisotopic (exact) mass is 312 g/mol. The molecule has 0 heterocycles. The number of hydrogen-bond donors (Lipinski definition) is 3. The lowest BCUT2D eigenvalue weighted by molar-refractivity contribution is -0.133. The Balaban J connectivity index is 1.96. The summed E-state index contributed by atoms with van der Waals surface area (Å²) in [7, 11) is 0. The van der Waals surface area contributed by atoms with E-state index in [2.05, 4.69) is 5.32 Å². The van der Waals surface area contributed by atoms with Gasteiger partial charge in [-0.25, -0.2) is 0 Å². The Labute approximate surface area is 135 Å². The molecule has 0 saturated heterocycles. The molecule has 0 aliphatic rings. The van der Waals surface area contributed by atoms with E-state index in [-0.39, 0.29) is 6.42 Å². The van der Waals surface area contributed by atoms with Gasteiger partial charge in [0, 0.05) is 12.8 Å². The number of nitrogens with one attached hydrogen (secondary N) is 1. The number of aliphatic hydroxyl groups excluding tert-OH is 1. The van der Waals surface area contributed by atoms with Gasteiger partial charge in [0.15, 0.2) is 0 Å². The van der Waals surface area contributed by atoms with Gasteiger partial charge in [-0.2, -0.15) is 0 Å². The van der Waals surface area contributed by atoms with Gasteiger partial charge < -0.3 is 16.2 Å². The first-order chi connectivity index (χ1) is 11.1. The molecule has 0 aliphatic carbocycles. The molecule has 2 atom stereocenters. The fourth-order valence-electron chi connectivity index (χ4n) is 2.27. The lowest BCUT2D eigenvalue weighted by atomic mass is 10.0. The zero-order valence-corrected chi connectivity index (χ0v) is 12.7. The Kier molecular flexibility index (Phi) is 5.88. The van der Waals surface area contributed by atoms with Crippen molar-refractivity contribution >= 4 is 11.8 Å². The van der Waals surface area contributed by atoms with Crippen molar-refractivity contribution in [3.05, 3.63) is 71.8 Å². The molecule has 0 radical (unpaired) electrons. The van der Waals surface area contributed by atoms with Crippen molar-refractivity contribution in [2.75, 3.05) is 0 Å². The lowest BCUT2D eigenvalue weighted by Gasteiger charge is -2.18. The van der Waals surface area contributed by atoms with E-state index in [1.807, 2.05) is 60.7 Å². The quantitative estimate of drug-likeness (QED) is 0.706. The molecule has 0 aliphatic heterocycles. The Hall–Kier alpha value is -2.66. The van der Waals surface area contributed by atoms with Crippen LogP contribution in [0.4, 0.5) is 0 Å². The normalized spacial score (nSPS) is 13.1. The second kappa shape index (κ2) is 8.10. The molecule has 0 bridgehead atoms. The molecule has 0 fully saturated rings. The molecule has 2 aromatic carbocycles. The molecule has 2 rings (SSSR count). The van der Waals surface area contributed by atoms with Crippen molar-refractivity contribution < 1.29 is 14.7 Å². The van der Waals surface area contributed by atoms with Gasteiger partial charge in [0.05, 0.1) is 0 Å². The largest absolute Gasteiger partial charge is 0.383 e. The summed E-state index contributed by atoms with van der Waals surface area (Å²) in [4.78, 5) is 23.6. The van der Waals surface area contributed by atoms with Crippen molar-refractivity contribution in [1.82, 2.24) is 5.32 Å². The molecular weight excluding hydrogens is 292 g/mol. The highest BCUT2D eigenvalue weighted by Gasteiger charge is 2.23. The third kappa shape index (κ3) is 5.23. The van der Waals surface area contributed by atoms with Gasteiger partial charge >= 0.3 is 0 Å². The Morgan fingerprint density at radius 2 is 1.39 bits per heavy atom. The lowest BCUT2D eigenvalue weighted by Crippen LogP contribution is -2.49. The van der Waals surface area contributed by atoms with E-state index in [9.17, 15) is 14.7 Å². The maximum Gasteiger partial charge on any atom is 0.249 e. The third-order valence-electron chi connectivity index (χ3n) is 3.52. The maximum absolute atomic E-state index is 12.1. The molecule has 2 aromatic rings. The third-order valence-corrected chi connectivity index (χ3v) is 3.52. The van der Waals surface area contributed by atoms with Crippen molar-refractivity contribution in [3.63, 3.8) is 0 Å². The number of primary amides is 1. The topological polar surface area (TPSA) is 92.4 Å². The van der Waals surface area contributed by atoms with Crippen LogP contribution in [0.2, 0.25) is 0 Å². The average molecular weight is 312 g/mol. The summed E-state index contributed by atoms with van der Waals surface area (Å²) in [5.41, 5.74) is 7.08. The minimum atomic E-state index is -1.23. The van der Waals surface area contributed by atoms with Crippen molar-refractivity contribution in [2.24, 2.45) is 5.73 Å².